The zero-order valence-electron chi connectivity index (χ0n) is 14.2. The second-order valence-corrected chi connectivity index (χ2v) is 7.06. The summed E-state index contributed by atoms with van der Waals surface area (Å²) in [6.07, 6.45) is -2.52. The molecule has 136 valence electrons. The third-order valence-corrected chi connectivity index (χ3v) is 4.22. The lowest BCUT2D eigenvalue weighted by atomic mass is 10.1. The zero-order valence-corrected chi connectivity index (χ0v) is 15.8. The van der Waals surface area contributed by atoms with E-state index in [4.69, 9.17) is 4.74 Å². The predicted molar refractivity (Wildman–Crippen MR) is 96.8 cm³/mol. The standard InChI is InChI=1S/C19H21BrF3NO/c1-24(2)10-4-6-15-12-17(20)8-9-18(15)25-13-14-5-3-7-16(11-14)19(21,22)23/h3,5,7-9,11-12H,4,6,10,13H2,1-2H3. The van der Waals surface area contributed by atoms with Gasteiger partial charge in [0.2, 0.25) is 0 Å². The van der Waals surface area contributed by atoms with Crippen LogP contribution in [0.3, 0.4) is 0 Å². The topological polar surface area (TPSA) is 12.5 Å². The van der Waals surface area contributed by atoms with Crippen LogP contribution in [0.15, 0.2) is 46.9 Å². The van der Waals surface area contributed by atoms with Crippen LogP contribution in [0.25, 0.3) is 0 Å². The van der Waals surface area contributed by atoms with Crippen LogP contribution in [0.4, 0.5) is 13.2 Å². The van der Waals surface area contributed by atoms with Gasteiger partial charge < -0.3 is 9.64 Å². The summed E-state index contributed by atoms with van der Waals surface area (Å²) >= 11 is 3.45. The number of aryl methyl sites for hydroxylation is 1. The van der Waals surface area contributed by atoms with Crippen molar-refractivity contribution in [3.63, 3.8) is 0 Å². The molecule has 0 aliphatic rings. The first-order valence-corrected chi connectivity index (χ1v) is 8.77. The van der Waals surface area contributed by atoms with E-state index in [-0.39, 0.29) is 6.61 Å². The Morgan fingerprint density at radius 1 is 1.08 bits per heavy atom. The second-order valence-electron chi connectivity index (χ2n) is 6.15. The largest absolute Gasteiger partial charge is 0.489 e. The summed E-state index contributed by atoms with van der Waals surface area (Å²) < 4.78 is 45.1. The number of alkyl halides is 3. The SMILES string of the molecule is CN(C)CCCc1cc(Br)ccc1OCc1cccc(C(F)(F)F)c1. The Labute approximate surface area is 154 Å². The van der Waals surface area contributed by atoms with Gasteiger partial charge in [0.25, 0.3) is 0 Å². The van der Waals surface area contributed by atoms with Gasteiger partial charge in [-0.3, -0.25) is 0 Å². The van der Waals surface area contributed by atoms with Gasteiger partial charge in [-0.15, -0.1) is 0 Å². The Kier molecular flexibility index (Phi) is 6.90. The van der Waals surface area contributed by atoms with E-state index in [9.17, 15) is 13.2 Å². The lowest BCUT2D eigenvalue weighted by molar-refractivity contribution is -0.137. The summed E-state index contributed by atoms with van der Waals surface area (Å²) in [4.78, 5) is 2.11. The molecule has 0 saturated carbocycles. The van der Waals surface area contributed by atoms with E-state index in [1.165, 1.54) is 6.07 Å². The first-order chi connectivity index (χ1) is 11.8. The molecule has 0 atom stereocenters. The van der Waals surface area contributed by atoms with Gasteiger partial charge in [0.1, 0.15) is 12.4 Å². The monoisotopic (exact) mass is 415 g/mol. The Hall–Kier alpha value is -1.53. The number of ether oxygens (including phenoxy) is 1. The van der Waals surface area contributed by atoms with Crippen LogP contribution in [-0.2, 0) is 19.2 Å². The summed E-state index contributed by atoms with van der Waals surface area (Å²) in [7, 11) is 4.04. The minimum absolute atomic E-state index is 0.103. The van der Waals surface area contributed by atoms with Gasteiger partial charge >= 0.3 is 6.18 Å². The van der Waals surface area contributed by atoms with Gasteiger partial charge in [-0.05, 0) is 74.9 Å². The lowest BCUT2D eigenvalue weighted by Gasteiger charge is -2.14. The second kappa shape index (κ2) is 8.72. The minimum Gasteiger partial charge on any atom is -0.489 e. The minimum atomic E-state index is -4.34. The molecule has 0 amide bonds. The Morgan fingerprint density at radius 2 is 1.84 bits per heavy atom. The van der Waals surface area contributed by atoms with Crippen molar-refractivity contribution in [3.05, 3.63) is 63.6 Å². The van der Waals surface area contributed by atoms with Gasteiger partial charge in [-0.2, -0.15) is 13.2 Å². The van der Waals surface area contributed by atoms with E-state index >= 15 is 0 Å². The Bertz CT molecular complexity index is 701. The fourth-order valence-corrected chi connectivity index (χ4v) is 2.88. The van der Waals surface area contributed by atoms with Crippen LogP contribution >= 0.6 is 15.9 Å². The molecule has 0 aliphatic carbocycles. The molecule has 0 aromatic heterocycles. The van der Waals surface area contributed by atoms with Crippen LogP contribution in [0.1, 0.15) is 23.1 Å². The molecule has 0 saturated heterocycles. The van der Waals surface area contributed by atoms with Crippen molar-refractivity contribution >= 4 is 15.9 Å². The van der Waals surface area contributed by atoms with Crippen molar-refractivity contribution in [1.82, 2.24) is 4.90 Å². The van der Waals surface area contributed by atoms with Crippen molar-refractivity contribution < 1.29 is 17.9 Å². The predicted octanol–water partition coefficient (Wildman–Crippen LogP) is 5.54. The molecule has 0 N–H and O–H groups in total. The van der Waals surface area contributed by atoms with E-state index in [1.54, 1.807) is 6.07 Å². The molecule has 0 fully saturated rings. The van der Waals surface area contributed by atoms with E-state index in [2.05, 4.69) is 20.8 Å². The molecule has 2 nitrogen and oxygen atoms in total. The summed E-state index contributed by atoms with van der Waals surface area (Å²) in [5, 5.41) is 0. The van der Waals surface area contributed by atoms with Crippen LogP contribution in [0.2, 0.25) is 0 Å². The average Bonchev–Trinajstić information content (AvgIpc) is 2.53. The van der Waals surface area contributed by atoms with Crippen molar-refractivity contribution in [2.24, 2.45) is 0 Å². The van der Waals surface area contributed by atoms with Gasteiger partial charge in [0, 0.05) is 4.47 Å². The van der Waals surface area contributed by atoms with Gasteiger partial charge in [-0.25, -0.2) is 0 Å². The molecule has 25 heavy (non-hydrogen) atoms. The molecular weight excluding hydrogens is 395 g/mol. The highest BCUT2D eigenvalue weighted by Crippen LogP contribution is 2.30. The third-order valence-electron chi connectivity index (χ3n) is 3.72. The fourth-order valence-electron chi connectivity index (χ4n) is 2.47. The van der Waals surface area contributed by atoms with Crippen molar-refractivity contribution in [2.45, 2.75) is 25.6 Å². The number of hydrogen-bond donors (Lipinski definition) is 0. The molecule has 2 aromatic carbocycles. The molecule has 2 aromatic rings. The fraction of sp³-hybridized carbons (Fsp3) is 0.368. The number of benzene rings is 2. The summed E-state index contributed by atoms with van der Waals surface area (Å²) in [6, 6.07) is 11.0. The first-order valence-electron chi connectivity index (χ1n) is 7.98. The van der Waals surface area contributed by atoms with Gasteiger partial charge in [-0.1, -0.05) is 28.1 Å². The maximum atomic E-state index is 12.8. The molecule has 6 heteroatoms. The van der Waals surface area contributed by atoms with Crippen LogP contribution < -0.4 is 4.74 Å². The molecule has 0 spiro atoms. The maximum absolute atomic E-state index is 12.8. The van der Waals surface area contributed by atoms with Gasteiger partial charge in [0.15, 0.2) is 0 Å². The van der Waals surface area contributed by atoms with Crippen molar-refractivity contribution in [2.75, 3.05) is 20.6 Å². The highest BCUT2D eigenvalue weighted by Gasteiger charge is 2.30. The normalized spacial score (nSPS) is 11.8. The third kappa shape index (κ3) is 6.36. The average molecular weight is 416 g/mol. The molecule has 0 aliphatic heterocycles. The van der Waals surface area contributed by atoms with Crippen LogP contribution in [0, 0.1) is 0 Å². The lowest BCUT2D eigenvalue weighted by Crippen LogP contribution is -2.13. The highest BCUT2D eigenvalue weighted by atomic mass is 79.9. The Balaban J connectivity index is 2.07. The molecule has 0 radical (unpaired) electrons. The summed E-state index contributed by atoms with van der Waals surface area (Å²) in [6.45, 7) is 1.06. The van der Waals surface area contributed by atoms with Crippen LogP contribution in [-0.4, -0.2) is 25.5 Å². The first kappa shape index (κ1) is 19.8. The number of halogens is 4. The molecule has 0 heterocycles. The molecule has 0 bridgehead atoms. The van der Waals surface area contributed by atoms with E-state index < -0.39 is 11.7 Å². The zero-order chi connectivity index (χ0) is 18.4. The number of hydrogen-bond acceptors (Lipinski definition) is 2. The smallest absolute Gasteiger partial charge is 0.416 e. The van der Waals surface area contributed by atoms with Crippen molar-refractivity contribution in [3.8, 4) is 5.75 Å². The highest BCUT2D eigenvalue weighted by molar-refractivity contribution is 9.10. The quantitative estimate of drug-likeness (QED) is 0.588. The van der Waals surface area contributed by atoms with E-state index in [0.29, 0.717) is 11.3 Å². The summed E-state index contributed by atoms with van der Waals surface area (Å²) in [5.41, 5.74) is 0.885. The van der Waals surface area contributed by atoms with Gasteiger partial charge in [0.05, 0.1) is 5.56 Å². The Morgan fingerprint density at radius 3 is 2.52 bits per heavy atom. The van der Waals surface area contributed by atoms with E-state index in [0.717, 1.165) is 41.6 Å². The molecule has 0 unspecified atom stereocenters. The maximum Gasteiger partial charge on any atom is 0.416 e. The molecular formula is C19H21BrF3NO. The number of rotatable bonds is 7. The summed E-state index contributed by atoms with van der Waals surface area (Å²) in [5.74, 6) is 0.708. The molecule has 2 rings (SSSR count). The number of nitrogens with zero attached hydrogens (tertiary/aromatic N) is 1. The van der Waals surface area contributed by atoms with E-state index in [1.807, 2.05) is 32.3 Å². The van der Waals surface area contributed by atoms with Crippen LogP contribution in [0.5, 0.6) is 5.75 Å². The van der Waals surface area contributed by atoms with Crippen molar-refractivity contribution in [1.29, 1.82) is 0 Å².